The van der Waals surface area contributed by atoms with E-state index in [-0.39, 0.29) is 18.4 Å². The molecule has 0 saturated carbocycles. The van der Waals surface area contributed by atoms with Crippen molar-refractivity contribution in [2.24, 2.45) is 5.92 Å². The number of carbonyl (C=O) groups excluding carboxylic acids is 3. The first kappa shape index (κ1) is 27.5. The summed E-state index contributed by atoms with van der Waals surface area (Å²) in [7, 11) is 0. The Balaban J connectivity index is 2.23. The van der Waals surface area contributed by atoms with Gasteiger partial charge in [0.05, 0.1) is 23.1 Å². The van der Waals surface area contributed by atoms with E-state index in [9.17, 15) is 36.3 Å². The molecule has 6 nitrogen and oxygen atoms in total. The van der Waals surface area contributed by atoms with Crippen molar-refractivity contribution in [3.05, 3.63) is 28.8 Å². The summed E-state index contributed by atoms with van der Waals surface area (Å²) in [6.45, 7) is 10.1. The average Bonchev–Trinajstić information content (AvgIpc) is 2.83. The molecule has 0 fully saturated rings. The predicted molar refractivity (Wildman–Crippen MR) is 114 cm³/mol. The van der Waals surface area contributed by atoms with Gasteiger partial charge < -0.3 is 10.1 Å². The monoisotopic (exact) mass is 492 g/mol. The fraction of sp³-hybridized carbons (Fsp3) is 0.609. The summed E-state index contributed by atoms with van der Waals surface area (Å²) in [5.74, 6) is -5.69. The highest BCUT2D eigenvalue weighted by atomic mass is 19.4. The van der Waals surface area contributed by atoms with Gasteiger partial charge in [0.1, 0.15) is 23.8 Å². The summed E-state index contributed by atoms with van der Waals surface area (Å²) >= 11 is 0. The van der Waals surface area contributed by atoms with Crippen LogP contribution in [-0.4, -0.2) is 36.0 Å². The minimum atomic E-state index is -5.16. The Morgan fingerprint density at radius 1 is 1.15 bits per heavy atom. The van der Waals surface area contributed by atoms with Crippen LogP contribution in [0.1, 0.15) is 66.0 Å². The maximum absolute atomic E-state index is 14.8. The van der Waals surface area contributed by atoms with Gasteiger partial charge in [-0.25, -0.2) is 8.78 Å². The van der Waals surface area contributed by atoms with Gasteiger partial charge in [0.25, 0.3) is 0 Å². The highest BCUT2D eigenvalue weighted by Crippen LogP contribution is 2.47. The number of ether oxygens (including phenoxy) is 1. The fourth-order valence-corrected chi connectivity index (χ4v) is 3.76. The Kier molecular flexibility index (Phi) is 7.40. The van der Waals surface area contributed by atoms with Crippen molar-refractivity contribution in [3.63, 3.8) is 0 Å². The van der Waals surface area contributed by atoms with Gasteiger partial charge in [-0.15, -0.1) is 0 Å². The molecule has 34 heavy (non-hydrogen) atoms. The molecule has 1 N–H and O–H groups in total. The van der Waals surface area contributed by atoms with Crippen LogP contribution < -0.4 is 10.2 Å². The van der Waals surface area contributed by atoms with Gasteiger partial charge in [-0.2, -0.15) is 13.2 Å². The quantitative estimate of drug-likeness (QED) is 0.469. The molecule has 11 heteroatoms. The van der Waals surface area contributed by atoms with Crippen molar-refractivity contribution in [1.29, 1.82) is 0 Å². The van der Waals surface area contributed by atoms with Gasteiger partial charge in [-0.3, -0.25) is 19.3 Å². The number of esters is 1. The minimum absolute atomic E-state index is 0.00269. The second-order valence-electron chi connectivity index (χ2n) is 10.1. The second-order valence-corrected chi connectivity index (χ2v) is 10.1. The average molecular weight is 492 g/mol. The third-order valence-electron chi connectivity index (χ3n) is 5.62. The number of halogens is 5. The van der Waals surface area contributed by atoms with Gasteiger partial charge >= 0.3 is 12.1 Å². The van der Waals surface area contributed by atoms with E-state index < -0.39 is 76.0 Å². The molecule has 1 heterocycles. The van der Waals surface area contributed by atoms with Crippen molar-refractivity contribution < 1.29 is 41.1 Å². The van der Waals surface area contributed by atoms with Gasteiger partial charge in [0.2, 0.25) is 11.8 Å². The first-order valence-electron chi connectivity index (χ1n) is 10.7. The Labute approximate surface area is 194 Å². The van der Waals surface area contributed by atoms with E-state index in [1.165, 1.54) is 13.8 Å². The van der Waals surface area contributed by atoms with Gasteiger partial charge in [0, 0.05) is 11.6 Å². The number of rotatable bonds is 6. The molecule has 1 aliphatic rings. The molecule has 1 aliphatic heterocycles. The van der Waals surface area contributed by atoms with Crippen molar-refractivity contribution in [2.45, 2.75) is 78.1 Å². The highest BCUT2D eigenvalue weighted by molar-refractivity contribution is 6.10. The van der Waals surface area contributed by atoms with Gasteiger partial charge in [-0.05, 0) is 53.5 Å². The number of hydrogen-bond donors (Lipinski definition) is 1. The van der Waals surface area contributed by atoms with E-state index in [0.717, 1.165) is 0 Å². The summed E-state index contributed by atoms with van der Waals surface area (Å²) in [4.78, 5) is 38.1. The fourth-order valence-electron chi connectivity index (χ4n) is 3.76. The molecule has 2 rings (SSSR count). The lowest BCUT2D eigenvalue weighted by atomic mass is 9.84. The smallest absolute Gasteiger partial charge is 0.419 e. The molecule has 2 amide bonds. The zero-order chi connectivity index (χ0) is 26.4. The van der Waals surface area contributed by atoms with Crippen LogP contribution in [0.5, 0.6) is 0 Å². The van der Waals surface area contributed by atoms with E-state index in [0.29, 0.717) is 4.90 Å². The normalized spacial score (nSPS) is 17.3. The van der Waals surface area contributed by atoms with Crippen LogP contribution >= 0.6 is 0 Å². The molecule has 0 aliphatic carbocycles. The SMILES string of the molecule is C[C@H](NC(=O)CN1C(=O)C(C)(C)c2c(F)c(C(F)(F)F)cc(F)c21)[C@@H](C)CC(=O)OC(C)(C)C. The van der Waals surface area contributed by atoms with Crippen LogP contribution in [0.15, 0.2) is 6.07 Å². The number of alkyl halides is 3. The Hall–Kier alpha value is -2.72. The summed E-state index contributed by atoms with van der Waals surface area (Å²) < 4.78 is 74.2. The van der Waals surface area contributed by atoms with Crippen LogP contribution in [0.4, 0.5) is 27.6 Å². The molecule has 2 atom stereocenters. The maximum Gasteiger partial charge on any atom is 0.419 e. The van der Waals surface area contributed by atoms with Crippen LogP contribution in [0.25, 0.3) is 0 Å². The lowest BCUT2D eigenvalue weighted by molar-refractivity contribution is -0.156. The third-order valence-corrected chi connectivity index (χ3v) is 5.62. The Morgan fingerprint density at radius 3 is 2.21 bits per heavy atom. The minimum Gasteiger partial charge on any atom is -0.460 e. The van der Waals surface area contributed by atoms with Gasteiger partial charge in [-0.1, -0.05) is 6.92 Å². The molecule has 190 valence electrons. The Bertz CT molecular complexity index is 999. The van der Waals surface area contributed by atoms with Crippen molar-refractivity contribution in [1.82, 2.24) is 5.32 Å². The van der Waals surface area contributed by atoms with E-state index in [4.69, 9.17) is 4.74 Å². The van der Waals surface area contributed by atoms with Crippen molar-refractivity contribution >= 4 is 23.5 Å². The number of carbonyl (C=O) groups is 3. The molecule has 0 spiro atoms. The molecule has 0 radical (unpaired) electrons. The molecule has 1 aromatic rings. The Morgan fingerprint density at radius 2 is 1.71 bits per heavy atom. The molecule has 0 bridgehead atoms. The molecule has 0 unspecified atom stereocenters. The lowest BCUT2D eigenvalue weighted by Gasteiger charge is -2.25. The third kappa shape index (κ3) is 5.67. The number of nitrogens with one attached hydrogen (secondary N) is 1. The van der Waals surface area contributed by atoms with Crippen LogP contribution in [0.2, 0.25) is 0 Å². The summed E-state index contributed by atoms with van der Waals surface area (Å²) in [5.41, 5.74) is -5.75. The number of fused-ring (bicyclic) bond motifs is 1. The molecule has 0 saturated heterocycles. The number of anilines is 1. The number of benzene rings is 1. The van der Waals surface area contributed by atoms with E-state index in [1.807, 2.05) is 0 Å². The van der Waals surface area contributed by atoms with Crippen molar-refractivity contribution in [3.8, 4) is 0 Å². The summed E-state index contributed by atoms with van der Waals surface area (Å²) in [6.07, 6.45) is -5.17. The van der Waals surface area contributed by atoms with Crippen molar-refractivity contribution in [2.75, 3.05) is 11.4 Å². The first-order valence-corrected chi connectivity index (χ1v) is 10.7. The molecule has 1 aromatic carbocycles. The number of amides is 2. The predicted octanol–water partition coefficient (Wildman–Crippen LogP) is 4.48. The molecular weight excluding hydrogens is 463 g/mol. The zero-order valence-electron chi connectivity index (χ0n) is 20.1. The van der Waals surface area contributed by atoms with Gasteiger partial charge in [0.15, 0.2) is 0 Å². The summed E-state index contributed by atoms with van der Waals surface area (Å²) in [6, 6.07) is -0.571. The maximum atomic E-state index is 14.8. The molecule has 0 aromatic heterocycles. The number of nitrogens with zero attached hydrogens (tertiary/aromatic N) is 1. The standard InChI is InChI=1S/C23H29F5N2O4/c1-11(8-16(32)34-21(3,4)5)12(2)29-15(31)10-30-19-14(24)9-13(23(26,27)28)18(25)17(19)22(6,7)20(30)33/h9,11-12H,8,10H2,1-7H3,(H,29,31)/t11-,12-/m0/s1. The zero-order valence-corrected chi connectivity index (χ0v) is 20.1. The van der Waals surface area contributed by atoms with E-state index >= 15 is 0 Å². The second kappa shape index (κ2) is 9.14. The highest BCUT2D eigenvalue weighted by Gasteiger charge is 2.51. The summed E-state index contributed by atoms with van der Waals surface area (Å²) in [5, 5.41) is 2.59. The van der Waals surface area contributed by atoms with E-state index in [2.05, 4.69) is 5.32 Å². The van der Waals surface area contributed by atoms with Crippen LogP contribution in [0.3, 0.4) is 0 Å². The number of hydrogen-bond acceptors (Lipinski definition) is 4. The largest absolute Gasteiger partial charge is 0.460 e. The van der Waals surface area contributed by atoms with Crippen LogP contribution in [-0.2, 0) is 30.7 Å². The first-order chi connectivity index (χ1) is 15.3. The lowest BCUT2D eigenvalue weighted by Crippen LogP contribution is -2.46. The molecular formula is C23H29F5N2O4. The topological polar surface area (TPSA) is 75.7 Å². The van der Waals surface area contributed by atoms with E-state index in [1.54, 1.807) is 34.6 Å². The van der Waals surface area contributed by atoms with Crippen LogP contribution in [0, 0.1) is 17.6 Å².